The van der Waals surface area contributed by atoms with E-state index in [9.17, 15) is 9.90 Å². The molecule has 0 aliphatic rings. The summed E-state index contributed by atoms with van der Waals surface area (Å²) in [6, 6.07) is 26.4. The van der Waals surface area contributed by atoms with Crippen molar-refractivity contribution in [2.75, 3.05) is 25.0 Å². The van der Waals surface area contributed by atoms with Crippen molar-refractivity contribution in [2.24, 2.45) is 0 Å². The van der Waals surface area contributed by atoms with E-state index in [2.05, 4.69) is 10.6 Å². The zero-order valence-corrected chi connectivity index (χ0v) is 17.5. The normalized spacial score (nSPS) is 11.2. The molecule has 0 saturated heterocycles. The number of ether oxygens (including phenoxy) is 1. The number of halogens is 1. The van der Waals surface area contributed by atoms with Crippen LogP contribution in [0.25, 0.3) is 0 Å². The fraction of sp³-hybridized carbons (Fsp3) is 0.208. The molecule has 3 N–H and O–H groups in total. The molecule has 30 heavy (non-hydrogen) atoms. The van der Waals surface area contributed by atoms with Crippen LogP contribution < -0.4 is 15.4 Å². The standard InChI is InChI=1S/C24H26N2O3.ClH/c27-22(18-29-23-9-5-2-6-10-23)17-25-16-15-19-11-13-21(14-12-19)26-24(28)20-7-3-1-4-8-20;/h1-14,22,25,27H,15-18H2,(H,26,28);1H/t22-;/m0./s1. The molecule has 158 valence electrons. The average molecular weight is 427 g/mol. The van der Waals surface area contributed by atoms with E-state index in [-0.39, 0.29) is 24.9 Å². The Kier molecular flexibility index (Phi) is 9.87. The summed E-state index contributed by atoms with van der Waals surface area (Å²) < 4.78 is 5.54. The molecule has 0 aliphatic heterocycles. The van der Waals surface area contributed by atoms with Crippen molar-refractivity contribution < 1.29 is 14.6 Å². The van der Waals surface area contributed by atoms with Crippen LogP contribution in [-0.4, -0.2) is 36.8 Å². The van der Waals surface area contributed by atoms with Gasteiger partial charge in [-0.1, -0.05) is 48.5 Å². The lowest BCUT2D eigenvalue weighted by molar-refractivity contribution is 0.102. The van der Waals surface area contributed by atoms with Crippen molar-refractivity contribution >= 4 is 24.0 Å². The third-order valence-electron chi connectivity index (χ3n) is 4.40. The molecule has 3 aromatic rings. The van der Waals surface area contributed by atoms with E-state index in [1.165, 1.54) is 0 Å². The molecule has 0 spiro atoms. The molecular formula is C24H27ClN2O3. The average Bonchev–Trinajstić information content (AvgIpc) is 2.77. The smallest absolute Gasteiger partial charge is 0.255 e. The maximum atomic E-state index is 12.2. The zero-order valence-electron chi connectivity index (χ0n) is 16.7. The van der Waals surface area contributed by atoms with Crippen LogP contribution >= 0.6 is 12.4 Å². The summed E-state index contributed by atoms with van der Waals surface area (Å²) in [4.78, 5) is 12.2. The summed E-state index contributed by atoms with van der Waals surface area (Å²) in [5.74, 6) is 0.637. The van der Waals surface area contributed by atoms with Crippen LogP contribution in [0, 0.1) is 0 Å². The van der Waals surface area contributed by atoms with Crippen molar-refractivity contribution in [2.45, 2.75) is 12.5 Å². The predicted molar refractivity (Wildman–Crippen MR) is 123 cm³/mol. The fourth-order valence-corrected chi connectivity index (χ4v) is 2.82. The summed E-state index contributed by atoms with van der Waals surface area (Å²) in [5.41, 5.74) is 2.56. The van der Waals surface area contributed by atoms with Crippen LogP contribution in [0.3, 0.4) is 0 Å². The first kappa shape index (κ1) is 23.4. The van der Waals surface area contributed by atoms with E-state index >= 15 is 0 Å². The number of carbonyl (C=O) groups excluding carboxylic acids is 1. The van der Waals surface area contributed by atoms with Crippen LogP contribution in [0.4, 0.5) is 5.69 Å². The lowest BCUT2D eigenvalue weighted by atomic mass is 10.1. The second kappa shape index (κ2) is 12.6. The van der Waals surface area contributed by atoms with Crippen molar-refractivity contribution in [1.82, 2.24) is 5.32 Å². The van der Waals surface area contributed by atoms with Crippen LogP contribution in [-0.2, 0) is 6.42 Å². The Labute approximate surface area is 183 Å². The second-order valence-electron chi connectivity index (χ2n) is 6.75. The van der Waals surface area contributed by atoms with E-state index in [1.807, 2.05) is 72.8 Å². The Morgan fingerprint density at radius 3 is 2.20 bits per heavy atom. The molecule has 1 atom stereocenters. The Morgan fingerprint density at radius 1 is 0.900 bits per heavy atom. The highest BCUT2D eigenvalue weighted by atomic mass is 35.5. The summed E-state index contributed by atoms with van der Waals surface area (Å²) in [5, 5.41) is 16.1. The number of anilines is 1. The number of amides is 1. The van der Waals surface area contributed by atoms with Crippen molar-refractivity contribution in [1.29, 1.82) is 0 Å². The summed E-state index contributed by atoms with van der Waals surface area (Å²) in [6.07, 6.45) is 0.268. The Morgan fingerprint density at radius 2 is 1.53 bits per heavy atom. The third kappa shape index (κ3) is 7.87. The molecule has 0 heterocycles. The number of rotatable bonds is 10. The number of aliphatic hydroxyl groups is 1. The molecule has 0 aliphatic carbocycles. The third-order valence-corrected chi connectivity index (χ3v) is 4.40. The van der Waals surface area contributed by atoms with Crippen molar-refractivity contribution in [3.8, 4) is 5.75 Å². The largest absolute Gasteiger partial charge is 0.491 e. The van der Waals surface area contributed by atoms with Crippen molar-refractivity contribution in [3.05, 3.63) is 96.1 Å². The highest BCUT2D eigenvalue weighted by molar-refractivity contribution is 6.04. The van der Waals surface area contributed by atoms with Crippen LogP contribution in [0.2, 0.25) is 0 Å². The van der Waals surface area contributed by atoms with Gasteiger partial charge in [-0.05, 0) is 54.9 Å². The highest BCUT2D eigenvalue weighted by Crippen LogP contribution is 2.12. The van der Waals surface area contributed by atoms with Crippen LogP contribution in [0.15, 0.2) is 84.9 Å². The van der Waals surface area contributed by atoms with E-state index < -0.39 is 6.10 Å². The molecule has 3 aromatic carbocycles. The first-order valence-corrected chi connectivity index (χ1v) is 9.73. The topological polar surface area (TPSA) is 70.6 Å². The quantitative estimate of drug-likeness (QED) is 0.429. The minimum Gasteiger partial charge on any atom is -0.491 e. The summed E-state index contributed by atoms with van der Waals surface area (Å²) in [7, 11) is 0. The second-order valence-corrected chi connectivity index (χ2v) is 6.75. The summed E-state index contributed by atoms with van der Waals surface area (Å²) in [6.45, 7) is 1.48. The monoisotopic (exact) mass is 426 g/mol. The van der Waals surface area contributed by atoms with Gasteiger partial charge in [0, 0.05) is 17.8 Å². The molecular weight excluding hydrogens is 400 g/mol. The Bertz CT molecular complexity index is 874. The van der Waals surface area contributed by atoms with Crippen LogP contribution in [0.1, 0.15) is 15.9 Å². The first-order chi connectivity index (χ1) is 14.2. The number of carbonyl (C=O) groups is 1. The minimum atomic E-state index is -0.564. The van der Waals surface area contributed by atoms with Gasteiger partial charge in [-0.25, -0.2) is 0 Å². The van der Waals surface area contributed by atoms with E-state index in [0.717, 1.165) is 30.0 Å². The van der Waals surface area contributed by atoms with Gasteiger partial charge in [-0.2, -0.15) is 0 Å². The number of hydrogen-bond donors (Lipinski definition) is 3. The molecule has 5 nitrogen and oxygen atoms in total. The van der Waals surface area contributed by atoms with Gasteiger partial charge >= 0.3 is 0 Å². The van der Waals surface area contributed by atoms with Gasteiger partial charge in [0.1, 0.15) is 18.5 Å². The number of benzene rings is 3. The molecule has 0 unspecified atom stereocenters. The molecule has 1 amide bonds. The molecule has 0 saturated carbocycles. The zero-order chi connectivity index (χ0) is 20.3. The van der Waals surface area contributed by atoms with E-state index in [4.69, 9.17) is 4.74 Å². The highest BCUT2D eigenvalue weighted by Gasteiger charge is 2.06. The van der Waals surface area contributed by atoms with Crippen molar-refractivity contribution in [3.63, 3.8) is 0 Å². The van der Waals surface area contributed by atoms with Gasteiger partial charge < -0.3 is 20.5 Å². The Hall–Kier alpha value is -2.86. The first-order valence-electron chi connectivity index (χ1n) is 9.73. The lowest BCUT2D eigenvalue weighted by Gasteiger charge is -2.13. The van der Waals surface area contributed by atoms with E-state index in [0.29, 0.717) is 12.1 Å². The Balaban J connectivity index is 0.00000320. The fourth-order valence-electron chi connectivity index (χ4n) is 2.82. The van der Waals surface area contributed by atoms with E-state index in [1.54, 1.807) is 12.1 Å². The molecule has 0 fully saturated rings. The van der Waals surface area contributed by atoms with Gasteiger partial charge in [0.2, 0.25) is 0 Å². The molecule has 0 radical (unpaired) electrons. The molecule has 6 heteroatoms. The van der Waals surface area contributed by atoms with Gasteiger partial charge in [0.25, 0.3) is 5.91 Å². The predicted octanol–water partition coefficient (Wildman–Crippen LogP) is 3.93. The van der Waals surface area contributed by atoms with Gasteiger partial charge in [-0.15, -0.1) is 12.4 Å². The van der Waals surface area contributed by atoms with Crippen LogP contribution in [0.5, 0.6) is 5.75 Å². The van der Waals surface area contributed by atoms with Gasteiger partial charge in [-0.3, -0.25) is 4.79 Å². The van der Waals surface area contributed by atoms with Gasteiger partial charge in [0.15, 0.2) is 0 Å². The number of para-hydroxylation sites is 1. The maximum Gasteiger partial charge on any atom is 0.255 e. The SMILES string of the molecule is Cl.O=C(Nc1ccc(CCNC[C@H](O)COc2ccccc2)cc1)c1ccccc1. The molecule has 0 aromatic heterocycles. The number of nitrogens with one attached hydrogen (secondary N) is 2. The molecule has 0 bridgehead atoms. The minimum absolute atomic E-state index is 0. The maximum absolute atomic E-state index is 12.2. The number of aliphatic hydroxyl groups excluding tert-OH is 1. The van der Waals surface area contributed by atoms with Gasteiger partial charge in [0.05, 0.1) is 0 Å². The summed E-state index contributed by atoms with van der Waals surface area (Å²) >= 11 is 0. The lowest BCUT2D eigenvalue weighted by Crippen LogP contribution is -2.32. The molecule has 3 rings (SSSR count). The number of hydrogen-bond acceptors (Lipinski definition) is 4.